The molecule has 6 nitrogen and oxygen atoms in total. The number of aromatic nitrogens is 1. The van der Waals surface area contributed by atoms with Gasteiger partial charge >= 0.3 is 0 Å². The van der Waals surface area contributed by atoms with Crippen LogP contribution in [0, 0.1) is 0 Å². The highest BCUT2D eigenvalue weighted by atomic mass is 32.2. The molecule has 2 heterocycles. The van der Waals surface area contributed by atoms with Crippen LogP contribution in [-0.2, 0) is 10.0 Å². The number of sulfonamides is 1. The van der Waals surface area contributed by atoms with E-state index < -0.39 is 10.0 Å². The molecule has 1 N–H and O–H groups in total. The number of rotatable bonds is 6. The molecule has 0 aliphatic carbocycles. The summed E-state index contributed by atoms with van der Waals surface area (Å²) < 4.78 is 29.9. The Morgan fingerprint density at radius 2 is 2.11 bits per heavy atom. The number of ether oxygens (including phenoxy) is 1. The number of nitrogens with one attached hydrogen (secondary N) is 1. The van der Waals surface area contributed by atoms with Crippen LogP contribution in [0.3, 0.4) is 0 Å². The van der Waals surface area contributed by atoms with Crippen molar-refractivity contribution in [1.29, 1.82) is 0 Å². The van der Waals surface area contributed by atoms with Gasteiger partial charge in [0.25, 0.3) is 0 Å². The van der Waals surface area contributed by atoms with Crippen molar-refractivity contribution in [2.45, 2.75) is 12.8 Å². The zero-order valence-corrected chi connectivity index (χ0v) is 11.8. The average Bonchev–Trinajstić information content (AvgIpc) is 2.82. The summed E-state index contributed by atoms with van der Waals surface area (Å²) in [6.45, 7) is 3.80. The summed E-state index contributed by atoms with van der Waals surface area (Å²) in [5.41, 5.74) is 0.439. The van der Waals surface area contributed by atoms with Crippen LogP contribution in [-0.4, -0.2) is 50.8 Å². The molecule has 0 unspecified atom stereocenters. The van der Waals surface area contributed by atoms with E-state index in [1.165, 1.54) is 19.0 Å². The van der Waals surface area contributed by atoms with Gasteiger partial charge in [0.15, 0.2) is 0 Å². The molecule has 1 saturated heterocycles. The number of hydrogen-bond acceptors (Lipinski definition) is 5. The summed E-state index contributed by atoms with van der Waals surface area (Å²) in [5.74, 6) is 0.512. The Morgan fingerprint density at radius 1 is 1.37 bits per heavy atom. The fourth-order valence-corrected chi connectivity index (χ4v) is 2.57. The van der Waals surface area contributed by atoms with Crippen molar-refractivity contribution in [2.24, 2.45) is 0 Å². The summed E-state index contributed by atoms with van der Waals surface area (Å²) in [5, 5.41) is 0. The van der Waals surface area contributed by atoms with E-state index in [2.05, 4.69) is 14.6 Å². The maximum absolute atomic E-state index is 11.0. The lowest BCUT2D eigenvalue weighted by Crippen LogP contribution is -2.25. The van der Waals surface area contributed by atoms with E-state index in [1.54, 1.807) is 12.1 Å². The number of nitrogens with zero attached hydrogens (tertiary/aromatic N) is 2. The Labute approximate surface area is 113 Å². The fraction of sp³-hybridized carbons (Fsp3) is 0.583. The maximum atomic E-state index is 11.0. The molecular formula is C12H19N3O3S. The highest BCUT2D eigenvalue weighted by Crippen LogP contribution is 2.13. The number of hydrogen-bond donors (Lipinski definition) is 1. The number of anilines is 1. The van der Waals surface area contributed by atoms with E-state index in [1.807, 2.05) is 0 Å². The van der Waals surface area contributed by atoms with Crippen LogP contribution in [0.25, 0.3) is 0 Å². The zero-order valence-electron chi connectivity index (χ0n) is 11.0. The molecule has 1 aromatic rings. The zero-order chi connectivity index (χ0) is 13.7. The highest BCUT2D eigenvalue weighted by Gasteiger charge is 2.10. The van der Waals surface area contributed by atoms with Gasteiger partial charge in [0.2, 0.25) is 15.9 Å². The van der Waals surface area contributed by atoms with Gasteiger partial charge in [0, 0.05) is 12.6 Å². The smallest absolute Gasteiger partial charge is 0.229 e. The van der Waals surface area contributed by atoms with Gasteiger partial charge in [-0.3, -0.25) is 9.62 Å². The minimum Gasteiger partial charge on any atom is -0.476 e. The third-order valence-electron chi connectivity index (χ3n) is 2.90. The van der Waals surface area contributed by atoms with E-state index in [9.17, 15) is 8.42 Å². The van der Waals surface area contributed by atoms with E-state index in [0.29, 0.717) is 18.2 Å². The van der Waals surface area contributed by atoms with Gasteiger partial charge in [-0.25, -0.2) is 13.4 Å². The lowest BCUT2D eigenvalue weighted by Gasteiger charge is -2.14. The maximum Gasteiger partial charge on any atom is 0.229 e. The topological polar surface area (TPSA) is 71.5 Å². The molecule has 0 atom stereocenters. The molecule has 1 aliphatic heterocycles. The molecule has 2 rings (SSSR count). The van der Waals surface area contributed by atoms with E-state index in [0.717, 1.165) is 25.9 Å². The highest BCUT2D eigenvalue weighted by molar-refractivity contribution is 7.92. The van der Waals surface area contributed by atoms with Crippen LogP contribution in [0.5, 0.6) is 5.88 Å². The summed E-state index contributed by atoms with van der Waals surface area (Å²) in [6, 6.07) is 3.30. The van der Waals surface area contributed by atoms with Gasteiger partial charge in [-0.15, -0.1) is 0 Å². The Kier molecular flexibility index (Phi) is 4.60. The predicted molar refractivity (Wildman–Crippen MR) is 73.9 cm³/mol. The van der Waals surface area contributed by atoms with Crippen LogP contribution in [0.4, 0.5) is 5.69 Å². The fourth-order valence-electron chi connectivity index (χ4n) is 2.03. The largest absolute Gasteiger partial charge is 0.476 e. The molecule has 19 heavy (non-hydrogen) atoms. The Bertz CT molecular complexity index is 495. The first kappa shape index (κ1) is 14.1. The van der Waals surface area contributed by atoms with Gasteiger partial charge < -0.3 is 4.74 Å². The van der Waals surface area contributed by atoms with Gasteiger partial charge in [-0.2, -0.15) is 0 Å². The van der Waals surface area contributed by atoms with Crippen molar-refractivity contribution < 1.29 is 13.2 Å². The van der Waals surface area contributed by atoms with E-state index in [4.69, 9.17) is 4.74 Å². The van der Waals surface area contributed by atoms with Gasteiger partial charge in [0.1, 0.15) is 6.61 Å². The predicted octanol–water partition coefficient (Wildman–Crippen LogP) is 0.928. The minimum absolute atomic E-state index is 0.439. The molecule has 0 radical (unpaired) electrons. The van der Waals surface area contributed by atoms with Crippen LogP contribution in [0.1, 0.15) is 12.8 Å². The van der Waals surface area contributed by atoms with E-state index >= 15 is 0 Å². The first-order valence-electron chi connectivity index (χ1n) is 6.32. The second-order valence-electron chi connectivity index (χ2n) is 4.66. The van der Waals surface area contributed by atoms with Gasteiger partial charge in [-0.1, -0.05) is 0 Å². The van der Waals surface area contributed by atoms with E-state index in [-0.39, 0.29) is 0 Å². The quantitative estimate of drug-likeness (QED) is 0.842. The molecule has 0 bridgehead atoms. The van der Waals surface area contributed by atoms with Crippen LogP contribution < -0.4 is 9.46 Å². The lowest BCUT2D eigenvalue weighted by molar-refractivity contribution is 0.232. The molecule has 0 aromatic carbocycles. The summed E-state index contributed by atoms with van der Waals surface area (Å²) in [7, 11) is -3.26. The Balaban J connectivity index is 1.78. The molecule has 106 valence electrons. The number of likely N-dealkylation sites (tertiary alicyclic amines) is 1. The van der Waals surface area contributed by atoms with Crippen LogP contribution >= 0.6 is 0 Å². The molecular weight excluding hydrogens is 266 g/mol. The second-order valence-corrected chi connectivity index (χ2v) is 6.41. The van der Waals surface area contributed by atoms with Crippen molar-refractivity contribution in [3.63, 3.8) is 0 Å². The van der Waals surface area contributed by atoms with Crippen LogP contribution in [0.2, 0.25) is 0 Å². The SMILES string of the molecule is CS(=O)(=O)Nc1ccc(OCCN2CCCC2)nc1. The van der Waals surface area contributed by atoms with Crippen molar-refractivity contribution in [1.82, 2.24) is 9.88 Å². The Morgan fingerprint density at radius 3 is 2.68 bits per heavy atom. The van der Waals surface area contributed by atoms with Crippen molar-refractivity contribution in [3.05, 3.63) is 18.3 Å². The average molecular weight is 285 g/mol. The molecule has 0 spiro atoms. The molecule has 1 aliphatic rings. The molecule has 1 aromatic heterocycles. The van der Waals surface area contributed by atoms with Gasteiger partial charge in [-0.05, 0) is 32.0 Å². The van der Waals surface area contributed by atoms with Crippen molar-refractivity contribution in [3.8, 4) is 5.88 Å². The van der Waals surface area contributed by atoms with Gasteiger partial charge in [0.05, 0.1) is 18.1 Å². The molecule has 1 fully saturated rings. The summed E-state index contributed by atoms with van der Waals surface area (Å²) >= 11 is 0. The summed E-state index contributed by atoms with van der Waals surface area (Å²) in [4.78, 5) is 6.42. The third-order valence-corrected chi connectivity index (χ3v) is 3.50. The monoisotopic (exact) mass is 285 g/mol. The standard InChI is InChI=1S/C12H19N3O3S/c1-19(16,17)14-11-4-5-12(13-10-11)18-9-8-15-6-2-3-7-15/h4-5,10,14H,2-3,6-9H2,1H3. The van der Waals surface area contributed by atoms with Crippen molar-refractivity contribution >= 4 is 15.7 Å². The third kappa shape index (κ3) is 5.04. The second kappa shape index (κ2) is 6.21. The Hall–Kier alpha value is -1.34. The summed E-state index contributed by atoms with van der Waals surface area (Å²) in [6.07, 6.45) is 5.09. The molecule has 0 amide bonds. The van der Waals surface area contributed by atoms with Crippen LogP contribution in [0.15, 0.2) is 18.3 Å². The lowest BCUT2D eigenvalue weighted by atomic mass is 10.4. The minimum atomic E-state index is -3.26. The number of pyridine rings is 1. The normalized spacial score (nSPS) is 16.5. The molecule has 7 heteroatoms. The van der Waals surface area contributed by atoms with Crippen molar-refractivity contribution in [2.75, 3.05) is 37.2 Å². The molecule has 0 saturated carbocycles. The first-order valence-corrected chi connectivity index (χ1v) is 8.21. The first-order chi connectivity index (χ1) is 9.03.